The highest BCUT2D eigenvalue weighted by Gasteiger charge is 2.48. The van der Waals surface area contributed by atoms with Crippen molar-refractivity contribution in [1.29, 1.82) is 0 Å². The summed E-state index contributed by atoms with van der Waals surface area (Å²) in [5.41, 5.74) is 2.08. The van der Waals surface area contributed by atoms with Gasteiger partial charge in [0.15, 0.2) is 0 Å². The fourth-order valence-electron chi connectivity index (χ4n) is 2.71. The number of aromatic amines is 2. The van der Waals surface area contributed by atoms with Gasteiger partial charge in [-0.25, -0.2) is 4.98 Å². The standard InChI is InChI=1S/C16H15ClN4O/c1-9-8-18-15(19-9)16(4-5-16)21-14(22)13-7-10-6-11(17)2-3-12(10)20-13/h2-3,6-8,20H,4-5H2,1H3,(H,18,19)(H,21,22). The van der Waals surface area contributed by atoms with Crippen molar-refractivity contribution in [3.8, 4) is 0 Å². The van der Waals surface area contributed by atoms with E-state index in [1.54, 1.807) is 12.3 Å². The summed E-state index contributed by atoms with van der Waals surface area (Å²) < 4.78 is 0. The Morgan fingerprint density at radius 3 is 2.82 bits per heavy atom. The molecule has 1 saturated carbocycles. The van der Waals surface area contributed by atoms with Crippen molar-refractivity contribution in [3.63, 3.8) is 0 Å². The maximum absolute atomic E-state index is 12.5. The van der Waals surface area contributed by atoms with Gasteiger partial charge < -0.3 is 15.3 Å². The van der Waals surface area contributed by atoms with Gasteiger partial charge in [0.1, 0.15) is 11.5 Å². The summed E-state index contributed by atoms with van der Waals surface area (Å²) in [4.78, 5) is 23.2. The van der Waals surface area contributed by atoms with Crippen LogP contribution in [0.5, 0.6) is 0 Å². The van der Waals surface area contributed by atoms with Crippen LogP contribution in [-0.2, 0) is 5.54 Å². The maximum Gasteiger partial charge on any atom is 0.268 e. The average Bonchev–Trinajstić information content (AvgIpc) is 2.94. The third-order valence-corrected chi connectivity index (χ3v) is 4.32. The van der Waals surface area contributed by atoms with Crippen molar-refractivity contribution in [1.82, 2.24) is 20.3 Å². The summed E-state index contributed by atoms with van der Waals surface area (Å²) in [6.07, 6.45) is 3.59. The Hall–Kier alpha value is -2.27. The van der Waals surface area contributed by atoms with Gasteiger partial charge in [-0.3, -0.25) is 4.79 Å². The molecule has 1 aliphatic rings. The molecule has 0 unspecified atom stereocenters. The van der Waals surface area contributed by atoms with Crippen molar-refractivity contribution in [2.45, 2.75) is 25.3 Å². The molecule has 0 bridgehead atoms. The first-order valence-electron chi connectivity index (χ1n) is 7.19. The fourth-order valence-corrected chi connectivity index (χ4v) is 2.89. The van der Waals surface area contributed by atoms with Gasteiger partial charge in [0.2, 0.25) is 0 Å². The van der Waals surface area contributed by atoms with E-state index >= 15 is 0 Å². The first-order chi connectivity index (χ1) is 10.6. The molecule has 0 atom stereocenters. The van der Waals surface area contributed by atoms with Gasteiger partial charge in [0.05, 0.1) is 5.54 Å². The van der Waals surface area contributed by atoms with Gasteiger partial charge in [0, 0.05) is 27.8 Å². The molecule has 0 radical (unpaired) electrons. The summed E-state index contributed by atoms with van der Waals surface area (Å²) in [6.45, 7) is 1.95. The number of carbonyl (C=O) groups is 1. The number of carbonyl (C=O) groups excluding carboxylic acids is 1. The zero-order valence-corrected chi connectivity index (χ0v) is 12.8. The van der Waals surface area contributed by atoms with Crippen molar-refractivity contribution in [2.24, 2.45) is 0 Å². The lowest BCUT2D eigenvalue weighted by atomic mass is 10.2. The summed E-state index contributed by atoms with van der Waals surface area (Å²) in [5.74, 6) is 0.705. The SMILES string of the molecule is Cc1cnc(C2(NC(=O)c3cc4cc(Cl)ccc4[nH]3)CC2)[nH]1. The lowest BCUT2D eigenvalue weighted by Crippen LogP contribution is -2.35. The molecule has 1 aromatic carbocycles. The van der Waals surface area contributed by atoms with Crippen LogP contribution in [0.25, 0.3) is 10.9 Å². The molecule has 2 heterocycles. The summed E-state index contributed by atoms with van der Waals surface area (Å²) >= 11 is 5.98. The molecule has 3 N–H and O–H groups in total. The van der Waals surface area contributed by atoms with Crippen LogP contribution in [0.2, 0.25) is 5.02 Å². The number of amides is 1. The third-order valence-electron chi connectivity index (χ3n) is 4.09. The molecule has 22 heavy (non-hydrogen) atoms. The zero-order chi connectivity index (χ0) is 15.3. The van der Waals surface area contributed by atoms with Gasteiger partial charge in [0.25, 0.3) is 5.91 Å². The Labute approximate surface area is 132 Å². The van der Waals surface area contributed by atoms with Gasteiger partial charge in [-0.05, 0) is 44.0 Å². The zero-order valence-electron chi connectivity index (χ0n) is 12.0. The number of aromatic nitrogens is 3. The van der Waals surface area contributed by atoms with Crippen LogP contribution in [0.15, 0.2) is 30.5 Å². The molecule has 5 nitrogen and oxygen atoms in total. The Kier molecular flexibility index (Phi) is 2.81. The predicted octanol–water partition coefficient (Wildman–Crippen LogP) is 3.27. The first kappa shape index (κ1) is 13.4. The molecule has 0 spiro atoms. The van der Waals surface area contributed by atoms with Gasteiger partial charge in [-0.2, -0.15) is 0 Å². The van der Waals surface area contributed by atoms with Gasteiger partial charge in [-0.1, -0.05) is 11.6 Å². The van der Waals surface area contributed by atoms with Gasteiger partial charge >= 0.3 is 0 Å². The maximum atomic E-state index is 12.5. The van der Waals surface area contributed by atoms with Gasteiger partial charge in [-0.15, -0.1) is 0 Å². The molecule has 6 heteroatoms. The normalized spacial score (nSPS) is 15.9. The minimum absolute atomic E-state index is 0.126. The Morgan fingerprint density at radius 2 is 2.14 bits per heavy atom. The van der Waals surface area contributed by atoms with E-state index in [9.17, 15) is 4.79 Å². The summed E-state index contributed by atoms with van der Waals surface area (Å²) in [6, 6.07) is 7.33. The van der Waals surface area contributed by atoms with E-state index in [1.165, 1.54) is 0 Å². The average molecular weight is 315 g/mol. The number of hydrogen-bond acceptors (Lipinski definition) is 2. The van der Waals surface area contributed by atoms with Crippen LogP contribution >= 0.6 is 11.6 Å². The van der Waals surface area contributed by atoms with Crippen molar-refractivity contribution < 1.29 is 4.79 Å². The second-order valence-corrected chi connectivity index (χ2v) is 6.30. The lowest BCUT2D eigenvalue weighted by molar-refractivity contribution is 0.0924. The first-order valence-corrected chi connectivity index (χ1v) is 7.56. The van der Waals surface area contributed by atoms with Crippen molar-refractivity contribution in [3.05, 3.63) is 52.7 Å². The molecule has 0 aliphatic heterocycles. The number of fused-ring (bicyclic) bond motifs is 1. The number of nitrogens with zero attached hydrogens (tertiary/aromatic N) is 1. The van der Waals surface area contributed by atoms with E-state index in [-0.39, 0.29) is 11.4 Å². The van der Waals surface area contributed by atoms with Crippen LogP contribution in [0.4, 0.5) is 0 Å². The van der Waals surface area contributed by atoms with Crippen LogP contribution in [0, 0.1) is 6.92 Å². The molecular weight excluding hydrogens is 300 g/mol. The molecule has 1 fully saturated rings. The molecule has 0 saturated heterocycles. The third kappa shape index (κ3) is 2.18. The number of nitrogens with one attached hydrogen (secondary N) is 3. The molecule has 1 amide bonds. The molecule has 1 aliphatic carbocycles. The highest BCUT2D eigenvalue weighted by atomic mass is 35.5. The second-order valence-electron chi connectivity index (χ2n) is 5.87. The Morgan fingerprint density at radius 1 is 1.32 bits per heavy atom. The molecule has 112 valence electrons. The van der Waals surface area contributed by atoms with E-state index in [1.807, 2.05) is 25.1 Å². The van der Waals surface area contributed by atoms with E-state index < -0.39 is 0 Å². The number of H-pyrrole nitrogens is 2. The van der Waals surface area contributed by atoms with E-state index in [0.29, 0.717) is 10.7 Å². The summed E-state index contributed by atoms with van der Waals surface area (Å²) in [7, 11) is 0. The van der Waals surface area contributed by atoms with Crippen molar-refractivity contribution in [2.75, 3.05) is 0 Å². The lowest BCUT2D eigenvalue weighted by Gasteiger charge is -2.14. The van der Waals surface area contributed by atoms with Crippen LogP contribution in [-0.4, -0.2) is 20.9 Å². The number of halogens is 1. The largest absolute Gasteiger partial charge is 0.351 e. The Bertz CT molecular complexity index is 875. The quantitative estimate of drug-likeness (QED) is 0.694. The molecule has 2 aromatic heterocycles. The molecular formula is C16H15ClN4O. The number of hydrogen-bond donors (Lipinski definition) is 3. The van der Waals surface area contributed by atoms with E-state index in [0.717, 1.165) is 35.3 Å². The second kappa shape index (κ2) is 4.61. The topological polar surface area (TPSA) is 73.6 Å². The van der Waals surface area contributed by atoms with E-state index in [4.69, 9.17) is 11.6 Å². The van der Waals surface area contributed by atoms with Crippen LogP contribution in [0.3, 0.4) is 0 Å². The number of aryl methyl sites for hydroxylation is 1. The number of imidazole rings is 1. The van der Waals surface area contributed by atoms with Crippen LogP contribution in [0.1, 0.15) is 34.8 Å². The fraction of sp³-hybridized carbons (Fsp3) is 0.250. The molecule has 3 aromatic rings. The van der Waals surface area contributed by atoms with E-state index in [2.05, 4.69) is 20.3 Å². The minimum Gasteiger partial charge on any atom is -0.351 e. The predicted molar refractivity (Wildman–Crippen MR) is 85.0 cm³/mol. The number of benzene rings is 1. The van der Waals surface area contributed by atoms with Crippen molar-refractivity contribution >= 4 is 28.4 Å². The number of rotatable bonds is 3. The Balaban J connectivity index is 1.61. The monoisotopic (exact) mass is 314 g/mol. The smallest absolute Gasteiger partial charge is 0.268 e. The highest BCUT2D eigenvalue weighted by Crippen LogP contribution is 2.44. The molecule has 4 rings (SSSR count). The minimum atomic E-state index is -0.347. The highest BCUT2D eigenvalue weighted by molar-refractivity contribution is 6.31. The summed E-state index contributed by atoms with van der Waals surface area (Å²) in [5, 5.41) is 4.67. The van der Waals surface area contributed by atoms with Crippen LogP contribution < -0.4 is 5.32 Å².